The Kier molecular flexibility index (Phi) is 3.83. The summed E-state index contributed by atoms with van der Waals surface area (Å²) in [7, 11) is 0. The SMILES string of the molecule is CC1CC1/C(=N\NC=O)c1ccc2c(c1)CCNCC2. The summed E-state index contributed by atoms with van der Waals surface area (Å²) < 4.78 is 0. The lowest BCUT2D eigenvalue weighted by molar-refractivity contribution is -0.109. The average Bonchev–Trinajstić information content (AvgIpc) is 3.21. The monoisotopic (exact) mass is 271 g/mol. The van der Waals surface area contributed by atoms with Crippen molar-refractivity contribution in [2.45, 2.75) is 26.2 Å². The summed E-state index contributed by atoms with van der Waals surface area (Å²) in [5, 5.41) is 7.71. The van der Waals surface area contributed by atoms with E-state index < -0.39 is 0 Å². The Balaban J connectivity index is 1.91. The Morgan fingerprint density at radius 2 is 2.10 bits per heavy atom. The second-order valence-electron chi connectivity index (χ2n) is 5.80. The second kappa shape index (κ2) is 5.75. The molecule has 1 saturated carbocycles. The number of rotatable bonds is 4. The van der Waals surface area contributed by atoms with E-state index in [9.17, 15) is 4.79 Å². The highest BCUT2D eigenvalue weighted by molar-refractivity contribution is 6.04. The molecule has 106 valence electrons. The quantitative estimate of drug-likeness (QED) is 0.495. The fraction of sp³-hybridized carbons (Fsp3) is 0.500. The number of nitrogens with zero attached hydrogens (tertiary/aromatic N) is 1. The largest absolute Gasteiger partial charge is 0.316 e. The zero-order valence-corrected chi connectivity index (χ0v) is 11.9. The highest BCUT2D eigenvalue weighted by Crippen LogP contribution is 2.41. The highest BCUT2D eigenvalue weighted by Gasteiger charge is 2.38. The van der Waals surface area contributed by atoms with Gasteiger partial charge in [0.25, 0.3) is 0 Å². The number of carbonyl (C=O) groups excluding carboxylic acids is 1. The number of fused-ring (bicyclic) bond motifs is 1. The molecule has 3 rings (SSSR count). The number of hydrogen-bond donors (Lipinski definition) is 2. The lowest BCUT2D eigenvalue weighted by atomic mass is 9.96. The van der Waals surface area contributed by atoms with E-state index in [0.717, 1.165) is 43.6 Å². The molecule has 0 saturated heterocycles. The number of hydrazone groups is 1. The second-order valence-corrected chi connectivity index (χ2v) is 5.80. The van der Waals surface area contributed by atoms with Crippen LogP contribution in [0.5, 0.6) is 0 Å². The van der Waals surface area contributed by atoms with Crippen molar-refractivity contribution in [3.8, 4) is 0 Å². The molecular weight excluding hydrogens is 250 g/mol. The third kappa shape index (κ3) is 2.75. The maximum atomic E-state index is 10.5. The molecule has 1 fully saturated rings. The maximum Gasteiger partial charge on any atom is 0.227 e. The topological polar surface area (TPSA) is 53.5 Å². The smallest absolute Gasteiger partial charge is 0.227 e. The van der Waals surface area contributed by atoms with Gasteiger partial charge in [-0.1, -0.05) is 19.1 Å². The Morgan fingerprint density at radius 1 is 1.35 bits per heavy atom. The minimum atomic E-state index is 0.490. The van der Waals surface area contributed by atoms with Crippen molar-refractivity contribution in [1.82, 2.24) is 10.7 Å². The standard InChI is InChI=1S/C16H21N3O/c1-11-8-15(11)16(19-18-10-20)14-3-2-12-4-6-17-7-5-13(12)9-14/h2-3,9-11,15,17H,4-8H2,1H3,(H,18,20)/b19-16-. The molecule has 2 aliphatic rings. The van der Waals surface area contributed by atoms with Crippen molar-refractivity contribution in [2.75, 3.05) is 13.1 Å². The molecule has 1 aliphatic carbocycles. The molecule has 1 heterocycles. The summed E-state index contributed by atoms with van der Waals surface area (Å²) in [6.45, 7) is 4.32. The molecular formula is C16H21N3O. The molecule has 0 radical (unpaired) electrons. The van der Waals surface area contributed by atoms with E-state index in [1.165, 1.54) is 11.1 Å². The lowest BCUT2D eigenvalue weighted by Crippen LogP contribution is -2.16. The first-order valence-electron chi connectivity index (χ1n) is 7.39. The number of hydrogen-bond acceptors (Lipinski definition) is 3. The van der Waals surface area contributed by atoms with Gasteiger partial charge in [0.1, 0.15) is 0 Å². The summed E-state index contributed by atoms with van der Waals surface area (Å²) in [5.74, 6) is 1.16. The Labute approximate surface area is 119 Å². The van der Waals surface area contributed by atoms with E-state index in [-0.39, 0.29) is 0 Å². The van der Waals surface area contributed by atoms with Crippen molar-refractivity contribution in [3.05, 3.63) is 34.9 Å². The summed E-state index contributed by atoms with van der Waals surface area (Å²) in [6, 6.07) is 6.64. The van der Waals surface area contributed by atoms with E-state index in [2.05, 4.69) is 41.0 Å². The van der Waals surface area contributed by atoms with Gasteiger partial charge in [0.15, 0.2) is 0 Å². The molecule has 0 bridgehead atoms. The molecule has 2 atom stereocenters. The predicted octanol–water partition coefficient (Wildman–Crippen LogP) is 1.48. The molecule has 1 amide bonds. The van der Waals surface area contributed by atoms with Crippen molar-refractivity contribution in [2.24, 2.45) is 16.9 Å². The van der Waals surface area contributed by atoms with Gasteiger partial charge in [-0.25, -0.2) is 5.43 Å². The van der Waals surface area contributed by atoms with Gasteiger partial charge < -0.3 is 5.32 Å². The summed E-state index contributed by atoms with van der Waals surface area (Å²) in [5.41, 5.74) is 7.52. The van der Waals surface area contributed by atoms with Gasteiger partial charge in [0, 0.05) is 5.92 Å². The van der Waals surface area contributed by atoms with E-state index in [1.807, 2.05) is 0 Å². The molecule has 0 spiro atoms. The van der Waals surface area contributed by atoms with Crippen LogP contribution >= 0.6 is 0 Å². The Hall–Kier alpha value is -1.68. The van der Waals surface area contributed by atoms with Crippen LogP contribution in [0.2, 0.25) is 0 Å². The normalized spacial score (nSPS) is 25.6. The van der Waals surface area contributed by atoms with Crippen LogP contribution in [-0.2, 0) is 17.6 Å². The molecule has 2 N–H and O–H groups in total. The first-order valence-corrected chi connectivity index (χ1v) is 7.39. The van der Waals surface area contributed by atoms with Gasteiger partial charge >= 0.3 is 0 Å². The van der Waals surface area contributed by atoms with E-state index in [4.69, 9.17) is 0 Å². The average molecular weight is 271 g/mol. The minimum Gasteiger partial charge on any atom is -0.316 e. The fourth-order valence-electron chi connectivity index (χ4n) is 2.99. The van der Waals surface area contributed by atoms with E-state index in [1.54, 1.807) is 0 Å². The van der Waals surface area contributed by atoms with Gasteiger partial charge in [-0.05, 0) is 61.0 Å². The fourth-order valence-corrected chi connectivity index (χ4v) is 2.99. The minimum absolute atomic E-state index is 0.490. The molecule has 4 heteroatoms. The zero-order chi connectivity index (χ0) is 13.9. The summed E-state index contributed by atoms with van der Waals surface area (Å²) in [4.78, 5) is 10.5. The molecule has 1 aliphatic heterocycles. The predicted molar refractivity (Wildman–Crippen MR) is 79.7 cm³/mol. The van der Waals surface area contributed by atoms with E-state index in [0.29, 0.717) is 18.2 Å². The first-order chi connectivity index (χ1) is 9.79. The molecule has 0 aromatic heterocycles. The first kappa shape index (κ1) is 13.3. The third-order valence-electron chi connectivity index (χ3n) is 4.34. The van der Waals surface area contributed by atoms with Crippen molar-refractivity contribution in [1.29, 1.82) is 0 Å². The Bertz CT molecular complexity index is 539. The van der Waals surface area contributed by atoms with Crippen molar-refractivity contribution < 1.29 is 4.79 Å². The number of amides is 1. The number of nitrogens with one attached hydrogen (secondary N) is 2. The highest BCUT2D eigenvalue weighted by atomic mass is 16.1. The number of benzene rings is 1. The van der Waals surface area contributed by atoms with Crippen LogP contribution in [0, 0.1) is 11.8 Å². The molecule has 1 aromatic carbocycles. The summed E-state index contributed by atoms with van der Waals surface area (Å²) in [6.07, 6.45) is 3.96. The van der Waals surface area contributed by atoms with Gasteiger partial charge in [-0.2, -0.15) is 5.10 Å². The lowest BCUT2D eigenvalue weighted by Gasteiger charge is -2.10. The summed E-state index contributed by atoms with van der Waals surface area (Å²) >= 11 is 0. The van der Waals surface area contributed by atoms with Gasteiger partial charge in [-0.3, -0.25) is 4.79 Å². The third-order valence-corrected chi connectivity index (χ3v) is 4.34. The van der Waals surface area contributed by atoms with Crippen LogP contribution < -0.4 is 10.7 Å². The molecule has 1 aromatic rings. The van der Waals surface area contributed by atoms with Crippen LogP contribution in [0.25, 0.3) is 0 Å². The van der Waals surface area contributed by atoms with Crippen LogP contribution in [0.3, 0.4) is 0 Å². The number of carbonyl (C=O) groups is 1. The Morgan fingerprint density at radius 3 is 2.80 bits per heavy atom. The van der Waals surface area contributed by atoms with Gasteiger partial charge in [0.2, 0.25) is 6.41 Å². The van der Waals surface area contributed by atoms with Crippen LogP contribution in [-0.4, -0.2) is 25.2 Å². The van der Waals surface area contributed by atoms with Crippen LogP contribution in [0.15, 0.2) is 23.3 Å². The molecule has 4 nitrogen and oxygen atoms in total. The van der Waals surface area contributed by atoms with Crippen molar-refractivity contribution in [3.63, 3.8) is 0 Å². The maximum absolute atomic E-state index is 10.5. The van der Waals surface area contributed by atoms with Crippen LogP contribution in [0.1, 0.15) is 30.0 Å². The molecule has 20 heavy (non-hydrogen) atoms. The van der Waals surface area contributed by atoms with E-state index >= 15 is 0 Å². The van der Waals surface area contributed by atoms with Gasteiger partial charge in [0.05, 0.1) is 5.71 Å². The van der Waals surface area contributed by atoms with Crippen molar-refractivity contribution >= 4 is 12.1 Å². The zero-order valence-electron chi connectivity index (χ0n) is 11.9. The van der Waals surface area contributed by atoms with Crippen LogP contribution in [0.4, 0.5) is 0 Å². The molecule has 2 unspecified atom stereocenters. The van der Waals surface area contributed by atoms with Gasteiger partial charge in [-0.15, -0.1) is 0 Å².